The van der Waals surface area contributed by atoms with Gasteiger partial charge in [-0.1, -0.05) is 6.42 Å². The molecule has 2 aliphatic heterocycles. The highest BCUT2D eigenvalue weighted by molar-refractivity contribution is 7.18. The number of thiophene rings is 1. The first-order valence-corrected chi connectivity index (χ1v) is 9.38. The summed E-state index contributed by atoms with van der Waals surface area (Å²) in [6, 6.07) is 0.705. The zero-order valence-electron chi connectivity index (χ0n) is 13.3. The van der Waals surface area contributed by atoms with Crippen molar-refractivity contribution in [3.63, 3.8) is 0 Å². The lowest BCUT2D eigenvalue weighted by Crippen LogP contribution is -2.41. The summed E-state index contributed by atoms with van der Waals surface area (Å²) in [6.45, 7) is 6.98. The quantitative estimate of drug-likeness (QED) is 0.849. The van der Waals surface area contributed by atoms with Crippen LogP contribution in [-0.4, -0.2) is 47.1 Å². The predicted molar refractivity (Wildman–Crippen MR) is 92.8 cm³/mol. The molecule has 4 heterocycles. The van der Waals surface area contributed by atoms with Gasteiger partial charge in [-0.25, -0.2) is 9.97 Å². The maximum atomic E-state index is 4.65. The zero-order chi connectivity index (χ0) is 14.9. The summed E-state index contributed by atoms with van der Waals surface area (Å²) in [6.07, 6.45) is 8.45. The molecule has 2 aromatic rings. The van der Waals surface area contributed by atoms with Gasteiger partial charge in [-0.05, 0) is 56.6 Å². The van der Waals surface area contributed by atoms with E-state index in [1.165, 1.54) is 55.5 Å². The molecular formula is C17H24N4S. The molecule has 2 aromatic heterocycles. The Morgan fingerprint density at radius 1 is 1.09 bits per heavy atom. The predicted octanol–water partition coefficient (Wildman–Crippen LogP) is 3.45. The van der Waals surface area contributed by atoms with E-state index in [-0.39, 0.29) is 0 Å². The maximum absolute atomic E-state index is 4.65. The minimum atomic E-state index is 0.705. The van der Waals surface area contributed by atoms with Gasteiger partial charge in [0.1, 0.15) is 12.1 Å². The summed E-state index contributed by atoms with van der Waals surface area (Å²) in [7, 11) is 0. The summed E-state index contributed by atoms with van der Waals surface area (Å²) in [5, 5.41) is 2.21. The number of rotatable bonds is 2. The van der Waals surface area contributed by atoms with Crippen LogP contribution in [0.25, 0.3) is 10.2 Å². The minimum Gasteiger partial charge on any atom is -0.354 e. The van der Waals surface area contributed by atoms with Crippen LogP contribution < -0.4 is 4.90 Å². The SMILES string of the molecule is Cc1csc2c(N3CCCC[C@@H](N4CCCC4)C3)ncnc12. The smallest absolute Gasteiger partial charge is 0.150 e. The molecule has 2 aliphatic rings. The van der Waals surface area contributed by atoms with Crippen molar-refractivity contribution in [1.82, 2.24) is 14.9 Å². The van der Waals surface area contributed by atoms with E-state index in [1.54, 1.807) is 17.7 Å². The summed E-state index contributed by atoms with van der Waals surface area (Å²) in [5.74, 6) is 1.16. The van der Waals surface area contributed by atoms with E-state index in [0.29, 0.717) is 6.04 Å². The Labute approximate surface area is 136 Å². The van der Waals surface area contributed by atoms with Crippen LogP contribution in [0.5, 0.6) is 0 Å². The molecule has 0 spiro atoms. The number of aromatic nitrogens is 2. The summed E-state index contributed by atoms with van der Waals surface area (Å²) in [5.41, 5.74) is 2.41. The van der Waals surface area contributed by atoms with E-state index >= 15 is 0 Å². The van der Waals surface area contributed by atoms with Crippen molar-refractivity contribution >= 4 is 27.4 Å². The highest BCUT2D eigenvalue weighted by atomic mass is 32.1. The van der Waals surface area contributed by atoms with Crippen LogP contribution in [-0.2, 0) is 0 Å². The molecule has 5 heteroatoms. The van der Waals surface area contributed by atoms with Crippen molar-refractivity contribution in [3.8, 4) is 0 Å². The van der Waals surface area contributed by atoms with Crippen LogP contribution in [0.1, 0.15) is 37.7 Å². The average Bonchev–Trinajstić information content (AvgIpc) is 3.13. The van der Waals surface area contributed by atoms with Crippen molar-refractivity contribution in [1.29, 1.82) is 0 Å². The molecule has 0 amide bonds. The number of anilines is 1. The lowest BCUT2D eigenvalue weighted by atomic mass is 10.1. The fourth-order valence-corrected chi connectivity index (χ4v) is 4.92. The van der Waals surface area contributed by atoms with Crippen LogP contribution >= 0.6 is 11.3 Å². The Hall–Kier alpha value is -1.20. The topological polar surface area (TPSA) is 32.3 Å². The number of hydrogen-bond donors (Lipinski definition) is 0. The standard InChI is InChI=1S/C17H24N4S/c1-13-11-22-16-15(13)18-12-19-17(16)21-9-3-2-6-14(10-21)20-7-4-5-8-20/h11-12,14H,2-10H2,1H3/t14-/m1/s1. The van der Waals surface area contributed by atoms with Gasteiger partial charge in [0, 0.05) is 19.1 Å². The van der Waals surface area contributed by atoms with E-state index in [1.807, 2.05) is 0 Å². The van der Waals surface area contributed by atoms with Gasteiger partial charge in [-0.15, -0.1) is 11.3 Å². The van der Waals surface area contributed by atoms with Gasteiger partial charge in [0.05, 0.1) is 10.2 Å². The van der Waals surface area contributed by atoms with Crippen molar-refractivity contribution in [2.75, 3.05) is 31.1 Å². The highest BCUT2D eigenvalue weighted by Gasteiger charge is 2.27. The van der Waals surface area contributed by atoms with E-state index in [4.69, 9.17) is 0 Å². The van der Waals surface area contributed by atoms with Gasteiger partial charge < -0.3 is 4.90 Å². The molecule has 22 heavy (non-hydrogen) atoms. The van der Waals surface area contributed by atoms with Crippen LogP contribution in [0, 0.1) is 6.92 Å². The van der Waals surface area contributed by atoms with Gasteiger partial charge >= 0.3 is 0 Å². The second kappa shape index (κ2) is 6.13. The van der Waals surface area contributed by atoms with Crippen LogP contribution in [0.4, 0.5) is 5.82 Å². The zero-order valence-corrected chi connectivity index (χ0v) is 14.1. The maximum Gasteiger partial charge on any atom is 0.150 e. The van der Waals surface area contributed by atoms with Crippen molar-refractivity contribution < 1.29 is 0 Å². The van der Waals surface area contributed by atoms with E-state index in [2.05, 4.69) is 32.1 Å². The van der Waals surface area contributed by atoms with Gasteiger partial charge in [-0.2, -0.15) is 0 Å². The number of nitrogens with zero attached hydrogens (tertiary/aromatic N) is 4. The molecule has 4 nitrogen and oxygen atoms in total. The van der Waals surface area contributed by atoms with Crippen LogP contribution in [0.3, 0.4) is 0 Å². The monoisotopic (exact) mass is 316 g/mol. The fourth-order valence-electron chi connectivity index (χ4n) is 3.90. The Balaban J connectivity index is 1.64. The first kappa shape index (κ1) is 14.4. The normalized spacial score (nSPS) is 24.0. The molecule has 0 saturated carbocycles. The molecule has 0 N–H and O–H groups in total. The van der Waals surface area contributed by atoms with Crippen molar-refractivity contribution in [3.05, 3.63) is 17.3 Å². The number of aryl methyl sites for hydroxylation is 1. The molecule has 4 rings (SSSR count). The Morgan fingerprint density at radius 3 is 2.77 bits per heavy atom. The average molecular weight is 316 g/mol. The molecule has 0 unspecified atom stereocenters. The Bertz CT molecular complexity index is 647. The minimum absolute atomic E-state index is 0.705. The molecule has 2 fully saturated rings. The lowest BCUT2D eigenvalue weighted by Gasteiger charge is -2.31. The van der Waals surface area contributed by atoms with Crippen molar-refractivity contribution in [2.45, 2.75) is 45.1 Å². The van der Waals surface area contributed by atoms with E-state index in [9.17, 15) is 0 Å². The van der Waals surface area contributed by atoms with E-state index in [0.717, 1.165) is 24.4 Å². The molecule has 1 atom stereocenters. The molecule has 118 valence electrons. The number of hydrogen-bond acceptors (Lipinski definition) is 5. The van der Waals surface area contributed by atoms with Crippen LogP contribution in [0.2, 0.25) is 0 Å². The van der Waals surface area contributed by atoms with Crippen molar-refractivity contribution in [2.24, 2.45) is 0 Å². The number of fused-ring (bicyclic) bond motifs is 1. The van der Waals surface area contributed by atoms with Gasteiger partial charge in [0.2, 0.25) is 0 Å². The van der Waals surface area contributed by atoms with Gasteiger partial charge in [-0.3, -0.25) is 4.90 Å². The second-order valence-corrected chi connectivity index (χ2v) is 7.51. The molecule has 0 radical (unpaired) electrons. The summed E-state index contributed by atoms with van der Waals surface area (Å²) in [4.78, 5) is 14.4. The molecular weight excluding hydrogens is 292 g/mol. The summed E-state index contributed by atoms with van der Waals surface area (Å²) < 4.78 is 1.27. The lowest BCUT2D eigenvalue weighted by molar-refractivity contribution is 0.236. The third-order valence-corrected chi connectivity index (χ3v) is 6.20. The second-order valence-electron chi connectivity index (χ2n) is 6.63. The largest absolute Gasteiger partial charge is 0.354 e. The first-order chi connectivity index (χ1) is 10.8. The van der Waals surface area contributed by atoms with Gasteiger partial charge in [0.15, 0.2) is 0 Å². The molecule has 2 saturated heterocycles. The van der Waals surface area contributed by atoms with Crippen LogP contribution in [0.15, 0.2) is 11.7 Å². The molecule has 0 bridgehead atoms. The number of likely N-dealkylation sites (tertiary alicyclic amines) is 1. The first-order valence-electron chi connectivity index (χ1n) is 8.51. The molecule has 0 aromatic carbocycles. The van der Waals surface area contributed by atoms with E-state index < -0.39 is 0 Å². The third kappa shape index (κ3) is 2.61. The summed E-state index contributed by atoms with van der Waals surface area (Å²) >= 11 is 1.79. The Kier molecular flexibility index (Phi) is 4.01. The third-order valence-electron chi connectivity index (χ3n) is 5.12. The fraction of sp³-hybridized carbons (Fsp3) is 0.647. The molecule has 0 aliphatic carbocycles. The van der Waals surface area contributed by atoms with Gasteiger partial charge in [0.25, 0.3) is 0 Å². The highest BCUT2D eigenvalue weighted by Crippen LogP contribution is 2.32. The Morgan fingerprint density at radius 2 is 1.91 bits per heavy atom.